The van der Waals surface area contributed by atoms with Crippen LogP contribution in [0.5, 0.6) is 0 Å². The Kier molecular flexibility index (Phi) is 14.8. The number of anilines is 1. The molecule has 1 amide bonds. The topological polar surface area (TPSA) is 53.2 Å². The Bertz CT molecular complexity index is 656. The minimum atomic E-state index is -0.0182. The number of amides is 1. The second kappa shape index (κ2) is 16.4. The summed E-state index contributed by atoms with van der Waals surface area (Å²) in [5, 5.41) is 9.32. The van der Waals surface area contributed by atoms with Crippen LogP contribution in [0.4, 0.5) is 5.69 Å². The number of carbonyl (C=O) groups is 1. The standard InChI is InChI=1S/C20H29N3O.C4H8/c1-5-9-16(3)22-15-13-17(6-2)20(24)23-19-11-8-7-10-18(19)12-14-21-4;1-3-4-2/h5,7-12,14,17,21-22H,1,6,13,15H2,2-4H3,(H,23,24);3-4H,1-2H3/b14-12-,16-9+;4-3-. The van der Waals surface area contributed by atoms with Crippen LogP contribution in [0.2, 0.25) is 0 Å². The van der Waals surface area contributed by atoms with Crippen molar-refractivity contribution in [3.8, 4) is 0 Å². The summed E-state index contributed by atoms with van der Waals surface area (Å²) in [5.41, 5.74) is 2.88. The molecule has 1 rings (SSSR count). The lowest BCUT2D eigenvalue weighted by Gasteiger charge is -2.17. The van der Waals surface area contributed by atoms with E-state index in [0.717, 1.165) is 36.3 Å². The van der Waals surface area contributed by atoms with Crippen molar-refractivity contribution in [2.45, 2.75) is 40.5 Å². The number of allylic oxidation sites excluding steroid dienone is 5. The Hall–Kier alpha value is -2.75. The molecule has 1 atom stereocenters. The van der Waals surface area contributed by atoms with Crippen LogP contribution in [0.25, 0.3) is 6.08 Å². The maximum Gasteiger partial charge on any atom is 0.227 e. The van der Waals surface area contributed by atoms with E-state index >= 15 is 0 Å². The van der Waals surface area contributed by atoms with Crippen molar-refractivity contribution in [2.75, 3.05) is 18.9 Å². The van der Waals surface area contributed by atoms with Crippen LogP contribution in [0.15, 0.2) is 67.0 Å². The Balaban J connectivity index is 0.00000165. The number of benzene rings is 1. The summed E-state index contributed by atoms with van der Waals surface area (Å²) in [4.78, 5) is 12.6. The van der Waals surface area contributed by atoms with Gasteiger partial charge in [0.2, 0.25) is 5.91 Å². The van der Waals surface area contributed by atoms with Crippen molar-refractivity contribution >= 4 is 17.7 Å². The highest BCUT2D eigenvalue weighted by atomic mass is 16.1. The molecule has 0 saturated heterocycles. The number of para-hydroxylation sites is 1. The second-order valence-corrected chi connectivity index (χ2v) is 6.27. The summed E-state index contributed by atoms with van der Waals surface area (Å²) in [5.74, 6) is 0.0466. The van der Waals surface area contributed by atoms with Gasteiger partial charge in [-0.2, -0.15) is 0 Å². The van der Waals surface area contributed by atoms with Crippen molar-refractivity contribution in [2.24, 2.45) is 5.92 Å². The van der Waals surface area contributed by atoms with E-state index in [9.17, 15) is 4.79 Å². The molecule has 0 spiro atoms. The smallest absolute Gasteiger partial charge is 0.227 e. The van der Waals surface area contributed by atoms with E-state index in [1.54, 1.807) is 6.08 Å². The molecule has 154 valence electrons. The molecule has 4 heteroatoms. The van der Waals surface area contributed by atoms with E-state index in [0.29, 0.717) is 0 Å². The predicted octanol–water partition coefficient (Wildman–Crippen LogP) is 5.49. The number of carbonyl (C=O) groups excluding carboxylic acids is 1. The maximum absolute atomic E-state index is 12.6. The van der Waals surface area contributed by atoms with Gasteiger partial charge in [0.25, 0.3) is 0 Å². The fourth-order valence-electron chi connectivity index (χ4n) is 2.36. The van der Waals surface area contributed by atoms with E-state index in [4.69, 9.17) is 0 Å². The van der Waals surface area contributed by atoms with E-state index in [1.807, 2.05) is 89.5 Å². The fraction of sp³-hybridized carbons (Fsp3) is 0.375. The predicted molar refractivity (Wildman–Crippen MR) is 124 cm³/mol. The monoisotopic (exact) mass is 383 g/mol. The molecular formula is C24H37N3O. The van der Waals surface area contributed by atoms with Gasteiger partial charge in [0.1, 0.15) is 0 Å². The Morgan fingerprint density at radius 2 is 1.89 bits per heavy atom. The molecule has 1 aromatic rings. The van der Waals surface area contributed by atoms with Gasteiger partial charge in [-0.3, -0.25) is 4.79 Å². The van der Waals surface area contributed by atoms with Crippen LogP contribution >= 0.6 is 0 Å². The lowest BCUT2D eigenvalue weighted by atomic mass is 10.0. The molecule has 0 aliphatic heterocycles. The minimum Gasteiger partial charge on any atom is -0.394 e. The molecule has 4 nitrogen and oxygen atoms in total. The molecule has 1 unspecified atom stereocenters. The van der Waals surface area contributed by atoms with Crippen LogP contribution < -0.4 is 16.0 Å². The van der Waals surface area contributed by atoms with Gasteiger partial charge in [-0.05, 0) is 63.6 Å². The SMILES string of the molecule is C/C=C\C.C=C/C=C(\C)NCCC(CC)C(=O)Nc1ccccc1/C=C\NC. The van der Waals surface area contributed by atoms with Crippen LogP contribution in [0.3, 0.4) is 0 Å². The van der Waals surface area contributed by atoms with Crippen molar-refractivity contribution in [1.82, 2.24) is 10.6 Å². The van der Waals surface area contributed by atoms with Crippen molar-refractivity contribution in [1.29, 1.82) is 0 Å². The molecule has 0 bridgehead atoms. The van der Waals surface area contributed by atoms with Crippen LogP contribution in [0, 0.1) is 5.92 Å². The van der Waals surface area contributed by atoms with Crippen molar-refractivity contribution < 1.29 is 4.79 Å². The van der Waals surface area contributed by atoms with Gasteiger partial charge in [-0.25, -0.2) is 0 Å². The summed E-state index contributed by atoms with van der Waals surface area (Å²) in [6.45, 7) is 12.5. The molecule has 0 fully saturated rings. The third-order valence-electron chi connectivity index (χ3n) is 4.11. The largest absolute Gasteiger partial charge is 0.394 e. The van der Waals surface area contributed by atoms with Crippen molar-refractivity contribution in [3.63, 3.8) is 0 Å². The molecule has 3 N–H and O–H groups in total. The first-order chi connectivity index (χ1) is 13.5. The van der Waals surface area contributed by atoms with Crippen LogP contribution in [0.1, 0.15) is 46.1 Å². The number of nitrogens with one attached hydrogen (secondary N) is 3. The first-order valence-corrected chi connectivity index (χ1v) is 9.88. The summed E-state index contributed by atoms with van der Waals surface area (Å²) in [7, 11) is 1.85. The molecular weight excluding hydrogens is 346 g/mol. The highest BCUT2D eigenvalue weighted by Gasteiger charge is 2.16. The van der Waals surface area contributed by atoms with Gasteiger partial charge < -0.3 is 16.0 Å². The minimum absolute atomic E-state index is 0.0182. The van der Waals surface area contributed by atoms with E-state index < -0.39 is 0 Å². The number of rotatable bonds is 10. The summed E-state index contributed by atoms with van der Waals surface area (Å²) < 4.78 is 0. The molecule has 0 heterocycles. The molecule has 0 aromatic heterocycles. The fourth-order valence-corrected chi connectivity index (χ4v) is 2.36. The first kappa shape index (κ1) is 25.2. The van der Waals surface area contributed by atoms with Gasteiger partial charge in [0, 0.05) is 30.9 Å². The van der Waals surface area contributed by atoms with Gasteiger partial charge in [0.15, 0.2) is 0 Å². The van der Waals surface area contributed by atoms with Gasteiger partial charge in [-0.15, -0.1) is 0 Å². The highest BCUT2D eigenvalue weighted by molar-refractivity contribution is 5.94. The lowest BCUT2D eigenvalue weighted by Crippen LogP contribution is -2.26. The maximum atomic E-state index is 12.6. The highest BCUT2D eigenvalue weighted by Crippen LogP contribution is 2.19. The van der Waals surface area contributed by atoms with Gasteiger partial charge in [0.05, 0.1) is 0 Å². The molecule has 28 heavy (non-hydrogen) atoms. The summed E-state index contributed by atoms with van der Waals surface area (Å²) >= 11 is 0. The first-order valence-electron chi connectivity index (χ1n) is 9.88. The average molecular weight is 384 g/mol. The third-order valence-corrected chi connectivity index (χ3v) is 4.11. The molecule has 0 saturated carbocycles. The van der Waals surface area contributed by atoms with Gasteiger partial charge in [-0.1, -0.05) is 49.9 Å². The van der Waals surface area contributed by atoms with Crippen molar-refractivity contribution in [3.05, 3.63) is 72.6 Å². The summed E-state index contributed by atoms with van der Waals surface area (Å²) in [6.07, 6.45) is 13.1. The molecule has 0 aliphatic carbocycles. The Morgan fingerprint density at radius 3 is 2.46 bits per heavy atom. The van der Waals surface area contributed by atoms with E-state index in [2.05, 4.69) is 22.5 Å². The number of hydrogen-bond donors (Lipinski definition) is 3. The zero-order chi connectivity index (χ0) is 21.2. The Labute approximate surface area is 171 Å². The zero-order valence-electron chi connectivity index (χ0n) is 18.1. The average Bonchev–Trinajstić information content (AvgIpc) is 2.71. The Morgan fingerprint density at radius 1 is 1.21 bits per heavy atom. The number of hydrogen-bond acceptors (Lipinski definition) is 3. The molecule has 0 radical (unpaired) electrons. The van der Waals surface area contributed by atoms with E-state index in [-0.39, 0.29) is 11.8 Å². The lowest BCUT2D eigenvalue weighted by molar-refractivity contribution is -0.120. The zero-order valence-corrected chi connectivity index (χ0v) is 18.1. The van der Waals surface area contributed by atoms with Crippen LogP contribution in [-0.4, -0.2) is 19.5 Å². The second-order valence-electron chi connectivity index (χ2n) is 6.27. The van der Waals surface area contributed by atoms with Crippen LogP contribution in [-0.2, 0) is 4.79 Å². The summed E-state index contributed by atoms with van der Waals surface area (Å²) in [6, 6.07) is 7.80. The normalized spacial score (nSPS) is 12.2. The van der Waals surface area contributed by atoms with E-state index in [1.165, 1.54) is 0 Å². The third kappa shape index (κ3) is 11.1. The molecule has 1 aromatic carbocycles. The quantitative estimate of drug-likeness (QED) is 0.370. The van der Waals surface area contributed by atoms with Gasteiger partial charge >= 0.3 is 0 Å². The molecule has 0 aliphatic rings.